The minimum Gasteiger partial charge on any atom is -0.338 e. The van der Waals surface area contributed by atoms with Crippen LogP contribution in [0.15, 0.2) is 114 Å². The third-order valence-corrected chi connectivity index (χ3v) is 19.8. The smallest absolute Gasteiger partial charge is 0.338 e. The first-order valence-corrected chi connectivity index (χ1v) is 33.0. The van der Waals surface area contributed by atoms with Crippen molar-refractivity contribution >= 4 is 34.3 Å². The summed E-state index contributed by atoms with van der Waals surface area (Å²) in [6, 6.07) is 4.35. The maximum atomic E-state index is 14.2. The standard InChI is InChI=1S/C32H12BF24.C32H45N5.C8H12.Ir/c34-25(35,36)13-1-14(26(37,38)39)6-21(5-13)33(22-7-15(27(40,41)42)2-16(8-22)28(43,44)45,23-9-17(29(46,47)48)3-18(10-23)30(49,50)51)24-11-19(31(52,53)54)4-20(12-24)32(55,56)57;1-4-6-12-28-16-29(35-31(34-28)27-10-8-7-9-11-27)17-30(23(3)5-2)36-21-33-37(22-36)32-18-24-13-25(19-32)15-26(14-24)20-32;1-2-4-6-8-7-5-3-1;/h1-12H;7-11,16,21,23-26,30H,4-6,12-15,17-20,22H2,1-3H3;1-2,7-8H,3-6H2;/q-1;;;/t;23-,24?,25?,26?,30+,32?;;/m.0../s1. The van der Waals surface area contributed by atoms with E-state index in [2.05, 4.69) is 99.1 Å². The van der Waals surface area contributed by atoms with Gasteiger partial charge in [-0.15, -0.1) is 0 Å². The summed E-state index contributed by atoms with van der Waals surface area (Å²) in [5, 5.41) is 7.63. The van der Waals surface area contributed by atoms with Crippen LogP contribution in [0.4, 0.5) is 105 Å². The zero-order chi connectivity index (χ0) is 75.0. The molecule has 5 radical (unpaired) electrons. The Morgan fingerprint density at radius 2 is 0.767 bits per heavy atom. The van der Waals surface area contributed by atoms with E-state index in [1.54, 1.807) is 0 Å². The van der Waals surface area contributed by atoms with Gasteiger partial charge in [0, 0.05) is 49.5 Å². The Morgan fingerprint density at radius 3 is 1.07 bits per heavy atom. The molecule has 5 nitrogen and oxygen atoms in total. The number of nitrogens with zero attached hydrogens (tertiary/aromatic N) is 5. The fraction of sp³-hybridized carbons (Fsp3) is 0.458. The molecule has 1 aliphatic heterocycles. The van der Waals surface area contributed by atoms with Crippen LogP contribution in [-0.2, 0) is 82.4 Å². The zero-order valence-corrected chi connectivity index (χ0v) is 57.6. The van der Waals surface area contributed by atoms with Gasteiger partial charge in [0.05, 0.1) is 50.0 Å². The largest absolute Gasteiger partial charge is 0.416 e. The molecule has 0 saturated heterocycles. The molecule has 563 valence electrons. The SMILES string of the molecule is CCCCc1cc(C[C@H]([C@@H](C)CC)N2C=NN(C34CC5CC(CC(C5)C3)C4)C2)nc(-c2ccccc2)n1.FC(F)(F)c1cc([B-](c2cc(C(F)(F)F)cc(C(F)(F)F)c2)(c2cc(C(F)(F)F)cc(C(F)(F)F)c2)c2cc(C(F)(F)F)cc(C(F)(F)F)c2)cc(C(F)(F)F)c1.[CH]1[CH]CC[CH][CH]CC1.[Ir]. The summed E-state index contributed by atoms with van der Waals surface area (Å²) in [4.78, 5) is 12.6. The summed E-state index contributed by atoms with van der Waals surface area (Å²) in [6.07, 6.45) is -24.6. The van der Waals surface area contributed by atoms with Crippen LogP contribution in [0.5, 0.6) is 0 Å². The maximum absolute atomic E-state index is 14.2. The Bertz CT molecular complexity index is 3380. The normalized spacial score (nSPS) is 20.5. The number of aromatic nitrogens is 2. The van der Waals surface area contributed by atoms with Crippen molar-refractivity contribution in [2.75, 3.05) is 6.67 Å². The quantitative estimate of drug-likeness (QED) is 0.0805. The monoisotopic (exact) mass is 1660 g/mol. The van der Waals surface area contributed by atoms with Crippen LogP contribution in [0.25, 0.3) is 11.4 Å². The maximum Gasteiger partial charge on any atom is 0.416 e. The van der Waals surface area contributed by atoms with E-state index in [1.165, 1.54) is 82.0 Å². The molecule has 1 aromatic heterocycles. The summed E-state index contributed by atoms with van der Waals surface area (Å²) in [5.74, 6) is 4.27. The van der Waals surface area contributed by atoms with Crippen LogP contribution in [0.1, 0.15) is 160 Å². The van der Waals surface area contributed by atoms with Crippen LogP contribution in [0.3, 0.4) is 0 Å². The van der Waals surface area contributed by atoms with E-state index in [-0.39, 0.29) is 20.1 Å². The molecule has 5 saturated carbocycles. The van der Waals surface area contributed by atoms with Gasteiger partial charge in [-0.2, -0.15) is 132 Å². The summed E-state index contributed by atoms with van der Waals surface area (Å²) >= 11 is 0. The molecule has 0 unspecified atom stereocenters. The second-order valence-electron chi connectivity index (χ2n) is 27.0. The summed E-state index contributed by atoms with van der Waals surface area (Å²) in [6.45, 7) is 7.93. The predicted molar refractivity (Wildman–Crippen MR) is 337 cm³/mol. The first kappa shape index (κ1) is 82.1. The molecular weight excluding hydrogens is 1590 g/mol. The number of unbranched alkanes of at least 4 members (excludes halogenated alkanes) is 1. The number of benzene rings is 5. The van der Waals surface area contributed by atoms with Crippen molar-refractivity contribution in [1.29, 1.82) is 0 Å². The van der Waals surface area contributed by atoms with Crippen LogP contribution >= 0.6 is 0 Å². The van der Waals surface area contributed by atoms with Gasteiger partial charge in [0.15, 0.2) is 5.82 Å². The van der Waals surface area contributed by atoms with Gasteiger partial charge in [-0.1, -0.05) is 112 Å². The molecule has 4 bridgehead atoms. The van der Waals surface area contributed by atoms with Crippen LogP contribution in [0, 0.1) is 49.4 Å². The molecule has 103 heavy (non-hydrogen) atoms. The van der Waals surface area contributed by atoms with Crippen molar-refractivity contribution in [1.82, 2.24) is 19.9 Å². The van der Waals surface area contributed by atoms with Crippen molar-refractivity contribution < 1.29 is 125 Å². The van der Waals surface area contributed by atoms with Gasteiger partial charge >= 0.3 is 49.4 Å². The van der Waals surface area contributed by atoms with Gasteiger partial charge in [-0.05, 0) is 157 Å². The van der Waals surface area contributed by atoms with Gasteiger partial charge in [-0.25, -0.2) is 9.97 Å². The fourth-order valence-corrected chi connectivity index (χ4v) is 15.1. The van der Waals surface area contributed by atoms with Crippen LogP contribution < -0.4 is 21.9 Å². The minimum atomic E-state index is -6.13. The van der Waals surface area contributed by atoms with E-state index in [9.17, 15) is 105 Å². The molecule has 12 rings (SSSR count). The van der Waals surface area contributed by atoms with Gasteiger partial charge in [0.25, 0.3) is 0 Å². The molecule has 5 fully saturated rings. The number of alkyl halides is 24. The molecule has 0 N–H and O–H groups in total. The third-order valence-electron chi connectivity index (χ3n) is 19.8. The van der Waals surface area contributed by atoms with Crippen molar-refractivity contribution in [3.05, 3.63) is 191 Å². The van der Waals surface area contributed by atoms with E-state index in [1.807, 2.05) is 0 Å². The number of hydrogen-bond donors (Lipinski definition) is 0. The molecule has 2 atom stereocenters. The van der Waals surface area contributed by atoms with Crippen LogP contribution in [0.2, 0.25) is 0 Å². The molecule has 0 spiro atoms. The molecule has 6 aromatic rings. The van der Waals surface area contributed by atoms with E-state index in [4.69, 9.17) is 15.1 Å². The fourth-order valence-electron chi connectivity index (χ4n) is 15.1. The van der Waals surface area contributed by atoms with E-state index in [0.717, 1.165) is 61.5 Å². The Hall–Kier alpha value is -6.52. The van der Waals surface area contributed by atoms with Crippen molar-refractivity contribution in [2.24, 2.45) is 28.8 Å². The second-order valence-corrected chi connectivity index (χ2v) is 27.0. The second kappa shape index (κ2) is 31.5. The Morgan fingerprint density at radius 1 is 0.447 bits per heavy atom. The summed E-state index contributed by atoms with van der Waals surface area (Å²) in [7, 11) is 0. The van der Waals surface area contributed by atoms with Gasteiger partial charge in [0.1, 0.15) is 19.2 Å². The third kappa shape index (κ3) is 19.8. The minimum absolute atomic E-state index is 0. The zero-order valence-electron chi connectivity index (χ0n) is 55.2. The van der Waals surface area contributed by atoms with E-state index < -0.39 is 195 Å². The average molecular weight is 1660 g/mol. The number of rotatable bonds is 14. The molecule has 0 amide bonds. The van der Waals surface area contributed by atoms with Crippen molar-refractivity contribution in [3.8, 4) is 11.4 Å². The van der Waals surface area contributed by atoms with E-state index in [0.29, 0.717) is 17.5 Å². The molecule has 31 heteroatoms. The molecule has 5 aliphatic carbocycles. The van der Waals surface area contributed by atoms with Gasteiger partial charge in [-0.3, -0.25) is 5.01 Å². The van der Waals surface area contributed by atoms with Gasteiger partial charge < -0.3 is 4.90 Å². The topological polar surface area (TPSA) is 44.6 Å². The predicted octanol–water partition coefficient (Wildman–Crippen LogP) is 20.5. The van der Waals surface area contributed by atoms with E-state index >= 15 is 0 Å². The number of hydrazone groups is 1. The molecular formula is C72H69BF24IrN5-. The Labute approximate surface area is 593 Å². The summed E-state index contributed by atoms with van der Waals surface area (Å²) < 4.78 is 341. The first-order chi connectivity index (χ1) is 47.3. The van der Waals surface area contributed by atoms with Crippen LogP contribution in [-0.4, -0.2) is 50.6 Å². The number of hydrogen-bond acceptors (Lipinski definition) is 5. The van der Waals surface area contributed by atoms with Crippen molar-refractivity contribution in [2.45, 2.75) is 178 Å². The summed E-state index contributed by atoms with van der Waals surface area (Å²) in [5.41, 5.74) is -26.4. The number of halogens is 24. The molecule has 6 aliphatic rings. The molecule has 2 heterocycles. The Balaban J connectivity index is 0.000000247. The first-order valence-electron chi connectivity index (χ1n) is 33.0. The number of aryl methyl sites for hydroxylation is 1. The average Bonchev–Trinajstić information content (AvgIpc) is 0.943. The van der Waals surface area contributed by atoms with Gasteiger partial charge in [0.2, 0.25) is 0 Å². The van der Waals surface area contributed by atoms with Crippen molar-refractivity contribution in [3.63, 3.8) is 0 Å². The molecule has 5 aromatic carbocycles. The Kier molecular flexibility index (Phi) is 25.1.